The third-order valence-electron chi connectivity index (χ3n) is 8.91. The molecule has 6 aromatic rings. The molecule has 12 heteroatoms. The number of ketones is 1. The average Bonchev–Trinajstić information content (AvgIpc) is 3.77. The maximum Gasteiger partial charge on any atom is 0.301 e. The molecule has 0 spiro atoms. The molecule has 0 saturated carbocycles. The Kier molecular flexibility index (Phi) is 9.70. The highest BCUT2D eigenvalue weighted by molar-refractivity contribution is 8.00. The third-order valence-corrected chi connectivity index (χ3v) is 11.0. The number of aliphatic hydroxyl groups is 1. The summed E-state index contributed by atoms with van der Waals surface area (Å²) in [6.07, 6.45) is 0. The van der Waals surface area contributed by atoms with E-state index in [1.54, 1.807) is 36.4 Å². The van der Waals surface area contributed by atoms with Gasteiger partial charge in [0.25, 0.3) is 5.78 Å². The first-order valence-corrected chi connectivity index (χ1v) is 18.9. The van der Waals surface area contributed by atoms with Gasteiger partial charge in [0.15, 0.2) is 27.3 Å². The number of fused-ring (bicyclic) bond motifs is 2. The first-order valence-electron chi connectivity index (χ1n) is 17.1. The van der Waals surface area contributed by atoms with E-state index in [-0.39, 0.29) is 16.5 Å². The molecule has 0 radical (unpaired) electrons. The quantitative estimate of drug-likeness (QED) is 0.0456. The standard InChI is InChI=1S/C41H33N3O7S2/c1-2-48-33-21-27(15-17-32(33)51-23-25-9-4-3-5-10-25)36-35(37(45)28-16-18-31-34(22-28)50-20-19-49-31)38(46)39(47)44(36)40-42-43-41(53-40)52-24-29-13-8-12-26-11-6-7-14-30(26)29/h3-18,21-22,36,45H,2,19-20,23-24H2,1H3/b37-35-. The van der Waals surface area contributed by atoms with E-state index in [1.165, 1.54) is 28.0 Å². The lowest BCUT2D eigenvalue weighted by molar-refractivity contribution is -0.132. The molecule has 0 bridgehead atoms. The smallest absolute Gasteiger partial charge is 0.301 e. The number of amides is 1. The summed E-state index contributed by atoms with van der Waals surface area (Å²) in [5.74, 6) is 0.459. The van der Waals surface area contributed by atoms with Crippen LogP contribution in [-0.2, 0) is 21.9 Å². The molecule has 1 amide bonds. The van der Waals surface area contributed by atoms with Crippen molar-refractivity contribution >= 4 is 56.5 Å². The lowest BCUT2D eigenvalue weighted by Gasteiger charge is -2.24. The van der Waals surface area contributed by atoms with E-state index in [4.69, 9.17) is 18.9 Å². The van der Waals surface area contributed by atoms with Crippen molar-refractivity contribution in [1.29, 1.82) is 0 Å². The molecule has 1 saturated heterocycles. The topological polar surface area (TPSA) is 120 Å². The summed E-state index contributed by atoms with van der Waals surface area (Å²) in [6, 6.07) is 33.2. The van der Waals surface area contributed by atoms with Crippen molar-refractivity contribution in [3.05, 3.63) is 137 Å². The Labute approximate surface area is 313 Å². The molecule has 1 aromatic heterocycles. The Morgan fingerprint density at radius 1 is 0.868 bits per heavy atom. The minimum absolute atomic E-state index is 0.104. The minimum Gasteiger partial charge on any atom is -0.507 e. The van der Waals surface area contributed by atoms with E-state index >= 15 is 0 Å². The Bertz CT molecular complexity index is 2360. The normalized spacial score (nSPS) is 16.2. The van der Waals surface area contributed by atoms with Crippen LogP contribution >= 0.6 is 23.1 Å². The maximum atomic E-state index is 14.0. The number of hydrogen-bond acceptors (Lipinski definition) is 11. The van der Waals surface area contributed by atoms with Crippen LogP contribution < -0.4 is 23.8 Å². The van der Waals surface area contributed by atoms with E-state index in [0.29, 0.717) is 70.6 Å². The molecule has 1 N–H and O–H groups in total. The Morgan fingerprint density at radius 3 is 2.51 bits per heavy atom. The number of rotatable bonds is 11. The number of aliphatic hydroxyl groups excluding tert-OH is 1. The van der Waals surface area contributed by atoms with Gasteiger partial charge in [-0.25, -0.2) is 0 Å². The van der Waals surface area contributed by atoms with Gasteiger partial charge in [0, 0.05) is 11.3 Å². The Morgan fingerprint density at radius 2 is 1.66 bits per heavy atom. The van der Waals surface area contributed by atoms with Crippen LogP contribution in [-0.4, -0.2) is 46.8 Å². The summed E-state index contributed by atoms with van der Waals surface area (Å²) in [7, 11) is 0. The van der Waals surface area contributed by atoms with Gasteiger partial charge in [-0.2, -0.15) is 0 Å². The second kappa shape index (κ2) is 15.0. The number of ether oxygens (including phenoxy) is 4. The Hall–Kier alpha value is -5.85. The molecule has 266 valence electrons. The monoisotopic (exact) mass is 743 g/mol. The minimum atomic E-state index is -1.06. The van der Waals surface area contributed by atoms with Gasteiger partial charge in [0.05, 0.1) is 18.2 Å². The molecule has 2 aliphatic rings. The lowest BCUT2D eigenvalue weighted by atomic mass is 9.95. The largest absolute Gasteiger partial charge is 0.507 e. The third kappa shape index (κ3) is 6.90. The van der Waals surface area contributed by atoms with E-state index in [9.17, 15) is 14.7 Å². The van der Waals surface area contributed by atoms with Gasteiger partial charge in [-0.15, -0.1) is 10.2 Å². The summed E-state index contributed by atoms with van der Waals surface area (Å²) in [5.41, 5.74) is 2.83. The van der Waals surface area contributed by atoms with Crippen LogP contribution in [0.3, 0.4) is 0 Å². The number of aromatic nitrogens is 2. The number of carbonyl (C=O) groups excluding carboxylic acids is 2. The summed E-state index contributed by atoms with van der Waals surface area (Å²) in [4.78, 5) is 29.3. The van der Waals surface area contributed by atoms with E-state index in [1.807, 2.05) is 55.5 Å². The lowest BCUT2D eigenvalue weighted by Crippen LogP contribution is -2.29. The molecule has 53 heavy (non-hydrogen) atoms. The zero-order valence-corrected chi connectivity index (χ0v) is 30.2. The van der Waals surface area contributed by atoms with Gasteiger partial charge in [-0.05, 0) is 64.7 Å². The molecular formula is C41H33N3O7S2. The van der Waals surface area contributed by atoms with Crippen LogP contribution in [0.25, 0.3) is 16.5 Å². The van der Waals surface area contributed by atoms with E-state index in [2.05, 4.69) is 34.5 Å². The second-order valence-electron chi connectivity index (χ2n) is 12.2. The van der Waals surface area contributed by atoms with Crippen LogP contribution in [0, 0.1) is 0 Å². The first-order chi connectivity index (χ1) is 26.0. The highest BCUT2D eigenvalue weighted by atomic mass is 32.2. The number of benzene rings is 5. The molecule has 10 nitrogen and oxygen atoms in total. The molecule has 2 aliphatic heterocycles. The second-order valence-corrected chi connectivity index (χ2v) is 14.4. The number of thioether (sulfide) groups is 1. The maximum absolute atomic E-state index is 14.0. The van der Waals surface area contributed by atoms with E-state index in [0.717, 1.165) is 21.9 Å². The van der Waals surface area contributed by atoms with E-state index < -0.39 is 17.7 Å². The van der Waals surface area contributed by atoms with Gasteiger partial charge < -0.3 is 24.1 Å². The zero-order valence-electron chi connectivity index (χ0n) is 28.6. The van der Waals surface area contributed by atoms with Gasteiger partial charge in [-0.3, -0.25) is 14.5 Å². The van der Waals surface area contributed by atoms with Gasteiger partial charge >= 0.3 is 5.91 Å². The van der Waals surface area contributed by atoms with Crippen molar-refractivity contribution in [2.24, 2.45) is 0 Å². The van der Waals surface area contributed by atoms with Gasteiger partial charge in [-0.1, -0.05) is 102 Å². The van der Waals surface area contributed by atoms with Crippen molar-refractivity contribution in [3.8, 4) is 23.0 Å². The first kappa shape index (κ1) is 34.2. The number of carbonyl (C=O) groups is 2. The highest BCUT2D eigenvalue weighted by Crippen LogP contribution is 2.46. The summed E-state index contributed by atoms with van der Waals surface area (Å²) < 4.78 is 24.2. The SMILES string of the molecule is CCOc1cc(C2/C(=C(/O)c3ccc4c(c3)OCCO4)C(=O)C(=O)N2c2nnc(SCc3cccc4ccccc34)s2)ccc1OCc1ccccc1. The summed E-state index contributed by atoms with van der Waals surface area (Å²) in [6.45, 7) is 3.27. The molecule has 1 fully saturated rings. The van der Waals surface area contributed by atoms with Gasteiger partial charge in [0.2, 0.25) is 5.13 Å². The van der Waals surface area contributed by atoms with Gasteiger partial charge in [0.1, 0.15) is 25.6 Å². The fourth-order valence-electron chi connectivity index (χ4n) is 6.43. The van der Waals surface area contributed by atoms with Crippen molar-refractivity contribution in [1.82, 2.24) is 10.2 Å². The average molecular weight is 744 g/mol. The fraction of sp³-hybridized carbons (Fsp3) is 0.171. The highest BCUT2D eigenvalue weighted by Gasteiger charge is 2.48. The molecule has 1 unspecified atom stereocenters. The van der Waals surface area contributed by atoms with Crippen LogP contribution in [0.1, 0.15) is 35.2 Å². The predicted molar refractivity (Wildman–Crippen MR) is 204 cm³/mol. The molecule has 1 atom stereocenters. The molecular weight excluding hydrogens is 711 g/mol. The van der Waals surface area contributed by atoms with Crippen molar-refractivity contribution < 1.29 is 33.6 Å². The molecule has 5 aromatic carbocycles. The van der Waals surface area contributed by atoms with Crippen molar-refractivity contribution in [3.63, 3.8) is 0 Å². The van der Waals surface area contributed by atoms with Crippen LogP contribution in [0.2, 0.25) is 0 Å². The fourth-order valence-corrected chi connectivity index (χ4v) is 8.30. The number of Topliss-reactive ketones (excluding diaryl/α,β-unsaturated/α-hetero) is 1. The molecule has 8 rings (SSSR count). The molecule has 3 heterocycles. The number of hydrogen-bond donors (Lipinski definition) is 1. The Balaban J connectivity index is 1.17. The van der Waals surface area contributed by atoms with Crippen LogP contribution in [0.5, 0.6) is 23.0 Å². The summed E-state index contributed by atoms with van der Waals surface area (Å²) in [5, 5.41) is 23.2. The summed E-state index contributed by atoms with van der Waals surface area (Å²) >= 11 is 2.70. The molecule has 0 aliphatic carbocycles. The van der Waals surface area contributed by atoms with Crippen molar-refractivity contribution in [2.75, 3.05) is 24.7 Å². The number of anilines is 1. The van der Waals surface area contributed by atoms with Crippen LogP contribution in [0.15, 0.2) is 119 Å². The predicted octanol–water partition coefficient (Wildman–Crippen LogP) is 8.36. The number of nitrogens with zero attached hydrogens (tertiary/aromatic N) is 3. The van der Waals surface area contributed by atoms with Crippen LogP contribution in [0.4, 0.5) is 5.13 Å². The zero-order chi connectivity index (χ0) is 36.3. The van der Waals surface area contributed by atoms with Crippen molar-refractivity contribution in [2.45, 2.75) is 29.7 Å².